The van der Waals surface area contributed by atoms with Crippen molar-refractivity contribution in [2.75, 3.05) is 17.2 Å². The van der Waals surface area contributed by atoms with Crippen molar-refractivity contribution in [3.05, 3.63) is 11.4 Å². The van der Waals surface area contributed by atoms with Crippen molar-refractivity contribution in [2.24, 2.45) is 5.92 Å². The Balaban J connectivity index is 2.10. The minimum Gasteiger partial charge on any atom is -0.370 e. The van der Waals surface area contributed by atoms with E-state index in [4.69, 9.17) is 0 Å². The van der Waals surface area contributed by atoms with E-state index < -0.39 is 0 Å². The van der Waals surface area contributed by atoms with E-state index in [0.717, 1.165) is 41.9 Å². The summed E-state index contributed by atoms with van der Waals surface area (Å²) in [6.45, 7) is 9.44. The van der Waals surface area contributed by atoms with Crippen LogP contribution in [0.15, 0.2) is 0 Å². The summed E-state index contributed by atoms with van der Waals surface area (Å²) in [6.07, 6.45) is 3.60. The number of hydrogen-bond donors (Lipinski definition) is 2. The normalized spacial score (nSPS) is 22.4. The summed E-state index contributed by atoms with van der Waals surface area (Å²) in [5, 5.41) is 6.91. The molecule has 18 heavy (non-hydrogen) atoms. The second-order valence-electron chi connectivity index (χ2n) is 5.44. The Morgan fingerprint density at radius 1 is 1.17 bits per heavy atom. The van der Waals surface area contributed by atoms with Crippen molar-refractivity contribution < 1.29 is 0 Å². The van der Waals surface area contributed by atoms with Crippen LogP contribution in [0.2, 0.25) is 0 Å². The van der Waals surface area contributed by atoms with Crippen LogP contribution in [0.3, 0.4) is 0 Å². The maximum atomic E-state index is 4.53. The van der Waals surface area contributed by atoms with Gasteiger partial charge in [-0.15, -0.1) is 0 Å². The average molecular weight is 248 g/mol. The Morgan fingerprint density at radius 2 is 1.83 bits per heavy atom. The van der Waals surface area contributed by atoms with Crippen molar-refractivity contribution in [1.29, 1.82) is 0 Å². The third-order valence-electron chi connectivity index (χ3n) is 3.51. The second-order valence-corrected chi connectivity index (χ2v) is 5.44. The van der Waals surface area contributed by atoms with E-state index in [-0.39, 0.29) is 0 Å². The Hall–Kier alpha value is -1.32. The van der Waals surface area contributed by atoms with Gasteiger partial charge in [-0.2, -0.15) is 0 Å². The Labute approximate surface area is 110 Å². The molecule has 2 rings (SSSR count). The molecule has 2 N–H and O–H groups in total. The smallest absolute Gasteiger partial charge is 0.134 e. The van der Waals surface area contributed by atoms with Gasteiger partial charge in [0.25, 0.3) is 0 Å². The Kier molecular flexibility index (Phi) is 4.04. The molecule has 1 saturated carbocycles. The molecule has 100 valence electrons. The minimum absolute atomic E-state index is 0.590. The molecule has 1 aliphatic rings. The lowest BCUT2D eigenvalue weighted by molar-refractivity contribution is 0.308. The second kappa shape index (κ2) is 5.55. The van der Waals surface area contributed by atoms with Crippen LogP contribution in [0.4, 0.5) is 11.6 Å². The van der Waals surface area contributed by atoms with Crippen LogP contribution in [-0.4, -0.2) is 22.6 Å². The quantitative estimate of drug-likeness (QED) is 0.840. The first-order valence-electron chi connectivity index (χ1n) is 6.95. The van der Waals surface area contributed by atoms with Crippen LogP contribution < -0.4 is 10.6 Å². The van der Waals surface area contributed by atoms with Crippen LogP contribution in [0.1, 0.15) is 44.5 Å². The van der Waals surface area contributed by atoms with Crippen molar-refractivity contribution >= 4 is 11.6 Å². The predicted octanol–water partition coefficient (Wildman–Crippen LogP) is 3.13. The Bertz CT molecular complexity index is 411. The molecule has 1 aromatic heterocycles. The van der Waals surface area contributed by atoms with Crippen LogP contribution >= 0.6 is 0 Å². The fraction of sp³-hybridized carbons (Fsp3) is 0.714. The molecule has 0 aliphatic heterocycles. The zero-order chi connectivity index (χ0) is 13.1. The van der Waals surface area contributed by atoms with Gasteiger partial charge in [0.1, 0.15) is 17.5 Å². The van der Waals surface area contributed by atoms with Gasteiger partial charge in [-0.1, -0.05) is 13.8 Å². The number of anilines is 2. The predicted molar refractivity (Wildman–Crippen MR) is 76.1 cm³/mol. The molecular formula is C14H24N4. The zero-order valence-corrected chi connectivity index (χ0v) is 11.9. The molecule has 0 amide bonds. The zero-order valence-electron chi connectivity index (χ0n) is 11.9. The maximum Gasteiger partial charge on any atom is 0.134 e. The molecule has 0 unspecified atom stereocenters. The van der Waals surface area contributed by atoms with E-state index in [0.29, 0.717) is 6.04 Å². The highest BCUT2D eigenvalue weighted by atomic mass is 15.1. The summed E-state index contributed by atoms with van der Waals surface area (Å²) in [7, 11) is 0. The lowest BCUT2D eigenvalue weighted by Crippen LogP contribution is -2.34. The molecule has 1 aliphatic carbocycles. The summed E-state index contributed by atoms with van der Waals surface area (Å²) < 4.78 is 0. The maximum absolute atomic E-state index is 4.53. The topological polar surface area (TPSA) is 49.8 Å². The summed E-state index contributed by atoms with van der Waals surface area (Å²) in [6, 6.07) is 0.590. The highest BCUT2D eigenvalue weighted by Crippen LogP contribution is 2.30. The molecule has 0 saturated heterocycles. The van der Waals surface area contributed by atoms with E-state index in [1.165, 1.54) is 12.8 Å². The van der Waals surface area contributed by atoms with Gasteiger partial charge in [-0.3, -0.25) is 0 Å². The highest BCUT2D eigenvalue weighted by Gasteiger charge is 2.26. The fourth-order valence-electron chi connectivity index (χ4n) is 2.40. The molecule has 0 atom stereocenters. The lowest BCUT2D eigenvalue weighted by Gasteiger charge is -2.34. The van der Waals surface area contributed by atoms with E-state index in [1.54, 1.807) is 0 Å². The monoisotopic (exact) mass is 248 g/mol. The van der Waals surface area contributed by atoms with Crippen LogP contribution in [0.25, 0.3) is 0 Å². The van der Waals surface area contributed by atoms with Gasteiger partial charge < -0.3 is 10.6 Å². The molecule has 0 aromatic carbocycles. The minimum atomic E-state index is 0.590. The average Bonchev–Trinajstić information content (AvgIpc) is 2.29. The number of nitrogens with one attached hydrogen (secondary N) is 2. The van der Waals surface area contributed by atoms with Gasteiger partial charge in [0.15, 0.2) is 0 Å². The van der Waals surface area contributed by atoms with Gasteiger partial charge in [0.2, 0.25) is 0 Å². The van der Waals surface area contributed by atoms with Gasteiger partial charge in [0, 0.05) is 18.2 Å². The van der Waals surface area contributed by atoms with Gasteiger partial charge in [0.05, 0.1) is 0 Å². The molecule has 1 fully saturated rings. The van der Waals surface area contributed by atoms with E-state index in [2.05, 4.69) is 41.4 Å². The first kappa shape index (κ1) is 13.1. The molecule has 4 heteroatoms. The van der Waals surface area contributed by atoms with Gasteiger partial charge >= 0.3 is 0 Å². The summed E-state index contributed by atoms with van der Waals surface area (Å²) in [5.41, 5.74) is 1.13. The van der Waals surface area contributed by atoms with Crippen LogP contribution in [0.5, 0.6) is 0 Å². The van der Waals surface area contributed by atoms with E-state index in [1.807, 2.05) is 6.92 Å². The molecule has 1 aromatic rings. The van der Waals surface area contributed by atoms with E-state index in [9.17, 15) is 0 Å². The largest absolute Gasteiger partial charge is 0.370 e. The molecule has 0 bridgehead atoms. The lowest BCUT2D eigenvalue weighted by atomic mass is 9.82. The SMILES string of the molecule is CCCNc1nc(C)nc(NC2CC(C)C2)c1C. The van der Waals surface area contributed by atoms with Crippen LogP contribution in [0, 0.1) is 19.8 Å². The van der Waals surface area contributed by atoms with Crippen molar-refractivity contribution in [3.8, 4) is 0 Å². The summed E-state index contributed by atoms with van der Waals surface area (Å²) >= 11 is 0. The highest BCUT2D eigenvalue weighted by molar-refractivity contribution is 5.57. The van der Waals surface area contributed by atoms with Gasteiger partial charge in [-0.05, 0) is 39.0 Å². The van der Waals surface area contributed by atoms with Crippen molar-refractivity contribution in [3.63, 3.8) is 0 Å². The third kappa shape index (κ3) is 2.92. The molecular weight excluding hydrogens is 224 g/mol. The molecule has 0 spiro atoms. The molecule has 4 nitrogen and oxygen atoms in total. The summed E-state index contributed by atoms with van der Waals surface area (Å²) in [4.78, 5) is 9.00. The first-order valence-corrected chi connectivity index (χ1v) is 6.95. The number of aryl methyl sites for hydroxylation is 1. The number of nitrogens with zero attached hydrogens (tertiary/aromatic N) is 2. The van der Waals surface area contributed by atoms with Crippen molar-refractivity contribution in [2.45, 2.75) is 53.0 Å². The first-order chi connectivity index (χ1) is 8.60. The number of rotatable bonds is 5. The standard InChI is InChI=1S/C14H24N4/c1-5-6-15-13-10(3)14(17-11(4)16-13)18-12-7-9(2)8-12/h9,12H,5-8H2,1-4H3,(H2,15,16,17,18). The molecule has 1 heterocycles. The molecule has 0 radical (unpaired) electrons. The van der Waals surface area contributed by atoms with Gasteiger partial charge in [-0.25, -0.2) is 9.97 Å². The van der Waals surface area contributed by atoms with Crippen LogP contribution in [-0.2, 0) is 0 Å². The number of hydrogen-bond acceptors (Lipinski definition) is 4. The Morgan fingerprint density at radius 3 is 2.44 bits per heavy atom. The van der Waals surface area contributed by atoms with E-state index >= 15 is 0 Å². The summed E-state index contributed by atoms with van der Waals surface area (Å²) in [5.74, 6) is 3.65. The fourth-order valence-corrected chi connectivity index (χ4v) is 2.40. The third-order valence-corrected chi connectivity index (χ3v) is 3.51. The number of aromatic nitrogens is 2. The van der Waals surface area contributed by atoms with Crippen molar-refractivity contribution in [1.82, 2.24) is 9.97 Å².